The topological polar surface area (TPSA) is 160 Å². The Morgan fingerprint density at radius 2 is 1.86 bits per heavy atom. The van der Waals surface area contributed by atoms with E-state index in [-0.39, 0.29) is 13.0 Å². The maximum atomic E-state index is 11.3. The van der Waals surface area contributed by atoms with Gasteiger partial charge in [-0.3, -0.25) is 0 Å². The fraction of sp³-hybridized carbons (Fsp3) is 0.789. The van der Waals surface area contributed by atoms with Crippen LogP contribution in [0.5, 0.6) is 0 Å². The van der Waals surface area contributed by atoms with Gasteiger partial charge in [-0.25, -0.2) is 0 Å². The lowest BCUT2D eigenvalue weighted by molar-refractivity contribution is -0.299. The molecule has 1 fully saturated rings. The van der Waals surface area contributed by atoms with E-state index in [1.807, 2.05) is 0 Å². The van der Waals surface area contributed by atoms with Crippen molar-refractivity contribution in [1.82, 2.24) is 0 Å². The van der Waals surface area contributed by atoms with Gasteiger partial charge in [0.15, 0.2) is 6.29 Å². The third-order valence-electron chi connectivity index (χ3n) is 5.50. The highest BCUT2D eigenvalue weighted by Gasteiger charge is 2.49. The summed E-state index contributed by atoms with van der Waals surface area (Å²) in [5.74, 6) is 0. The Morgan fingerprint density at radius 3 is 2.43 bits per heavy atom. The van der Waals surface area contributed by atoms with Crippen molar-refractivity contribution in [3.8, 4) is 0 Å². The lowest BCUT2D eigenvalue weighted by Gasteiger charge is -2.47. The highest BCUT2D eigenvalue weighted by molar-refractivity contribution is 5.34. The molecule has 162 valence electrons. The lowest BCUT2D eigenvalue weighted by atomic mass is 9.64. The second-order valence-corrected chi connectivity index (χ2v) is 8.22. The van der Waals surface area contributed by atoms with Crippen LogP contribution in [0.15, 0.2) is 23.8 Å². The smallest absolute Gasteiger partial charge is 0.187 e. The molecule has 8 atom stereocenters. The van der Waals surface area contributed by atoms with E-state index >= 15 is 0 Å². The van der Waals surface area contributed by atoms with Crippen molar-refractivity contribution < 1.29 is 45.2 Å². The molecule has 1 heterocycles. The van der Waals surface area contributed by atoms with Crippen LogP contribution in [0.3, 0.4) is 0 Å². The van der Waals surface area contributed by atoms with Gasteiger partial charge in [0, 0.05) is 5.41 Å². The van der Waals surface area contributed by atoms with Gasteiger partial charge in [-0.2, -0.15) is 0 Å². The zero-order chi connectivity index (χ0) is 21.3. The second kappa shape index (κ2) is 8.86. The second-order valence-electron chi connectivity index (χ2n) is 8.22. The van der Waals surface area contributed by atoms with Gasteiger partial charge < -0.3 is 45.2 Å². The summed E-state index contributed by atoms with van der Waals surface area (Å²) in [6.07, 6.45) is -4.13. The van der Waals surface area contributed by atoms with E-state index in [1.54, 1.807) is 20.8 Å². The van der Waals surface area contributed by atoms with Gasteiger partial charge >= 0.3 is 0 Å². The van der Waals surface area contributed by atoms with Crippen molar-refractivity contribution in [2.24, 2.45) is 5.41 Å². The van der Waals surface area contributed by atoms with Crippen molar-refractivity contribution >= 4 is 0 Å². The minimum atomic E-state index is -1.58. The van der Waals surface area contributed by atoms with Crippen molar-refractivity contribution in [3.63, 3.8) is 0 Å². The van der Waals surface area contributed by atoms with Crippen molar-refractivity contribution in [3.05, 3.63) is 23.8 Å². The molecule has 2 aliphatic rings. The lowest BCUT2D eigenvalue weighted by Crippen LogP contribution is -2.59. The molecule has 0 amide bonds. The SMILES string of the molecule is CC(O)/C=C/[C@@]1(O)C(CO[C@@H]2O[C@H](CO)[C@@H](O)[C@H](O)[C@H]2O)=C[C@H](O)CC1(C)C. The summed E-state index contributed by atoms with van der Waals surface area (Å²) in [4.78, 5) is 0. The Kier molecular flexibility index (Phi) is 7.41. The maximum Gasteiger partial charge on any atom is 0.187 e. The van der Waals surface area contributed by atoms with E-state index in [9.17, 15) is 35.7 Å². The van der Waals surface area contributed by atoms with E-state index < -0.39 is 60.5 Å². The fourth-order valence-electron chi connectivity index (χ4n) is 3.68. The van der Waals surface area contributed by atoms with Gasteiger partial charge in [0.2, 0.25) is 0 Å². The molecule has 2 rings (SSSR count). The van der Waals surface area contributed by atoms with Crippen LogP contribution in [0.2, 0.25) is 0 Å². The van der Waals surface area contributed by atoms with Crippen LogP contribution in [0.4, 0.5) is 0 Å². The number of ether oxygens (including phenoxy) is 2. The number of hydrogen-bond acceptors (Lipinski definition) is 9. The minimum absolute atomic E-state index is 0.260. The summed E-state index contributed by atoms with van der Waals surface area (Å²) in [6, 6.07) is 0. The van der Waals surface area contributed by atoms with Crippen LogP contribution in [0.1, 0.15) is 27.2 Å². The Balaban J connectivity index is 2.22. The molecular weight excluding hydrogens is 372 g/mol. The van der Waals surface area contributed by atoms with Crippen molar-refractivity contribution in [2.45, 2.75) is 75.7 Å². The highest BCUT2D eigenvalue weighted by Crippen LogP contribution is 2.45. The summed E-state index contributed by atoms with van der Waals surface area (Å²) in [5.41, 5.74) is -2.04. The van der Waals surface area contributed by atoms with Crippen LogP contribution in [0.25, 0.3) is 0 Å². The first kappa shape index (κ1) is 23.4. The van der Waals surface area contributed by atoms with E-state index in [0.717, 1.165) is 0 Å². The van der Waals surface area contributed by atoms with E-state index in [1.165, 1.54) is 18.2 Å². The monoisotopic (exact) mass is 404 g/mol. The molecule has 9 heteroatoms. The third-order valence-corrected chi connectivity index (χ3v) is 5.50. The van der Waals surface area contributed by atoms with Gasteiger partial charge in [-0.15, -0.1) is 0 Å². The molecule has 0 aromatic heterocycles. The first-order valence-electron chi connectivity index (χ1n) is 9.34. The first-order chi connectivity index (χ1) is 12.9. The molecule has 1 aliphatic carbocycles. The molecule has 7 N–H and O–H groups in total. The number of rotatable bonds is 6. The quantitative estimate of drug-likeness (QED) is 0.253. The summed E-state index contributed by atoms with van der Waals surface area (Å²) < 4.78 is 10.8. The molecular formula is C19H32O9. The zero-order valence-electron chi connectivity index (χ0n) is 16.3. The first-order valence-corrected chi connectivity index (χ1v) is 9.34. The molecule has 0 spiro atoms. The van der Waals surface area contributed by atoms with E-state index in [2.05, 4.69) is 0 Å². The van der Waals surface area contributed by atoms with Gasteiger partial charge in [-0.05, 0) is 25.0 Å². The standard InChI is InChI=1S/C19H32O9/c1-10(21)4-5-19(26)11(6-12(22)7-18(19,2)3)9-27-17-16(25)15(24)14(23)13(8-20)28-17/h4-6,10,12-17,20-26H,7-9H2,1-3H3/b5-4+/t10?,12-,13+,14+,15-,16+,17+,19+/m0/s1. The number of aliphatic hydroxyl groups excluding tert-OH is 6. The molecule has 1 unspecified atom stereocenters. The molecule has 0 aromatic rings. The van der Waals surface area contributed by atoms with Gasteiger partial charge in [0.1, 0.15) is 30.0 Å². The highest BCUT2D eigenvalue weighted by atomic mass is 16.7. The van der Waals surface area contributed by atoms with E-state index in [4.69, 9.17) is 9.47 Å². The van der Waals surface area contributed by atoms with Crippen LogP contribution in [-0.4, -0.2) is 97.5 Å². The minimum Gasteiger partial charge on any atom is -0.394 e. The Hall–Kier alpha value is -0.880. The Morgan fingerprint density at radius 1 is 1.21 bits per heavy atom. The van der Waals surface area contributed by atoms with Crippen molar-refractivity contribution in [2.75, 3.05) is 13.2 Å². The molecule has 0 bridgehead atoms. The molecule has 9 nitrogen and oxygen atoms in total. The zero-order valence-corrected chi connectivity index (χ0v) is 16.3. The average molecular weight is 404 g/mol. The summed E-state index contributed by atoms with van der Waals surface area (Å²) in [5, 5.41) is 70.1. The summed E-state index contributed by atoms with van der Waals surface area (Å²) in [6.45, 7) is 4.23. The summed E-state index contributed by atoms with van der Waals surface area (Å²) >= 11 is 0. The summed E-state index contributed by atoms with van der Waals surface area (Å²) in [7, 11) is 0. The predicted octanol–water partition coefficient (Wildman–Crippen LogP) is -1.81. The van der Waals surface area contributed by atoms with Crippen molar-refractivity contribution in [1.29, 1.82) is 0 Å². The Labute approximate surface area is 164 Å². The van der Waals surface area contributed by atoms with Gasteiger partial charge in [0.25, 0.3) is 0 Å². The molecule has 0 radical (unpaired) electrons. The van der Waals surface area contributed by atoms with Crippen LogP contribution in [0, 0.1) is 5.41 Å². The molecule has 0 saturated carbocycles. The van der Waals surface area contributed by atoms with Crippen LogP contribution < -0.4 is 0 Å². The number of aliphatic hydroxyl groups is 7. The molecule has 0 aromatic carbocycles. The molecule has 1 aliphatic heterocycles. The van der Waals surface area contributed by atoms with Crippen LogP contribution >= 0.6 is 0 Å². The molecule has 1 saturated heterocycles. The normalized spacial score (nSPS) is 42.4. The largest absolute Gasteiger partial charge is 0.394 e. The van der Waals surface area contributed by atoms with E-state index in [0.29, 0.717) is 5.57 Å². The fourth-order valence-corrected chi connectivity index (χ4v) is 3.68. The third kappa shape index (κ3) is 4.64. The van der Waals surface area contributed by atoms with Crippen LogP contribution in [-0.2, 0) is 9.47 Å². The maximum absolute atomic E-state index is 11.3. The predicted molar refractivity (Wildman–Crippen MR) is 98.0 cm³/mol. The number of hydrogen-bond donors (Lipinski definition) is 7. The van der Waals surface area contributed by atoms with Gasteiger partial charge in [-0.1, -0.05) is 26.0 Å². The Bertz CT molecular complexity index is 586. The average Bonchev–Trinajstić information content (AvgIpc) is 2.61. The molecule has 28 heavy (non-hydrogen) atoms. The van der Waals surface area contributed by atoms with Gasteiger partial charge in [0.05, 0.1) is 25.4 Å².